The summed E-state index contributed by atoms with van der Waals surface area (Å²) in [5.41, 5.74) is 1.03. The number of carbonyl (C=O) groups is 1. The van der Waals surface area contributed by atoms with Gasteiger partial charge in [0.1, 0.15) is 5.75 Å². The van der Waals surface area contributed by atoms with Crippen LogP contribution < -0.4 is 4.74 Å². The molecular formula is C14H20O3. The zero-order valence-electron chi connectivity index (χ0n) is 10.6. The van der Waals surface area contributed by atoms with Crippen molar-refractivity contribution in [2.45, 2.75) is 33.1 Å². The summed E-state index contributed by atoms with van der Waals surface area (Å²) in [5, 5.41) is 8.72. The van der Waals surface area contributed by atoms with Crippen LogP contribution in [0.4, 0.5) is 0 Å². The summed E-state index contributed by atoms with van der Waals surface area (Å²) in [6.07, 6.45) is 0.159. The van der Waals surface area contributed by atoms with Crippen LogP contribution in [0.15, 0.2) is 24.3 Å². The maximum absolute atomic E-state index is 10.6. The predicted octanol–water partition coefficient (Wildman–Crippen LogP) is 3.30. The molecule has 1 atom stereocenters. The molecule has 0 radical (unpaired) electrons. The van der Waals surface area contributed by atoms with Crippen LogP contribution in [0.2, 0.25) is 0 Å². The minimum absolute atomic E-state index is 0.0339. The van der Waals surface area contributed by atoms with Crippen molar-refractivity contribution in [1.29, 1.82) is 0 Å². The maximum atomic E-state index is 10.6. The zero-order valence-corrected chi connectivity index (χ0v) is 10.6. The number of rotatable bonds is 6. The third kappa shape index (κ3) is 4.89. The van der Waals surface area contributed by atoms with Crippen molar-refractivity contribution < 1.29 is 14.6 Å². The van der Waals surface area contributed by atoms with Gasteiger partial charge in [0.2, 0.25) is 0 Å². The van der Waals surface area contributed by atoms with Crippen LogP contribution in [-0.2, 0) is 4.79 Å². The molecule has 3 heteroatoms. The molecule has 0 amide bonds. The average Bonchev–Trinajstić information content (AvgIpc) is 2.26. The molecule has 0 aromatic heterocycles. The molecule has 0 unspecified atom stereocenters. The summed E-state index contributed by atoms with van der Waals surface area (Å²) in [5.74, 6) is 0.606. The Hall–Kier alpha value is -1.51. The Labute approximate surface area is 102 Å². The summed E-state index contributed by atoms with van der Waals surface area (Å²) in [6.45, 7) is 6.81. The smallest absolute Gasteiger partial charge is 0.303 e. The molecule has 0 spiro atoms. The van der Waals surface area contributed by atoms with Crippen LogP contribution in [0.3, 0.4) is 0 Å². The molecule has 1 aromatic rings. The quantitative estimate of drug-likeness (QED) is 0.824. The number of benzene rings is 1. The lowest BCUT2D eigenvalue weighted by Gasteiger charge is -2.12. The Kier molecular flexibility index (Phi) is 5.01. The summed E-state index contributed by atoms with van der Waals surface area (Å²) >= 11 is 0. The maximum Gasteiger partial charge on any atom is 0.303 e. The minimum Gasteiger partial charge on any atom is -0.493 e. The molecule has 0 saturated heterocycles. The third-order valence-electron chi connectivity index (χ3n) is 2.51. The summed E-state index contributed by atoms with van der Waals surface area (Å²) in [4.78, 5) is 10.6. The van der Waals surface area contributed by atoms with Crippen LogP contribution in [0.25, 0.3) is 0 Å². The molecule has 0 aliphatic rings. The van der Waals surface area contributed by atoms with Crippen LogP contribution in [0, 0.1) is 5.92 Å². The Morgan fingerprint density at radius 1 is 1.24 bits per heavy atom. The van der Waals surface area contributed by atoms with Gasteiger partial charge in [-0.1, -0.05) is 32.9 Å². The summed E-state index contributed by atoms with van der Waals surface area (Å²) < 4.78 is 5.57. The van der Waals surface area contributed by atoms with E-state index in [2.05, 4.69) is 13.8 Å². The number of hydrogen-bond donors (Lipinski definition) is 1. The first-order valence-electron chi connectivity index (χ1n) is 5.93. The molecule has 1 aromatic carbocycles. The Morgan fingerprint density at radius 2 is 1.82 bits per heavy atom. The number of carboxylic acid groups (broad SMARTS) is 1. The molecule has 1 rings (SSSR count). The second kappa shape index (κ2) is 6.28. The highest BCUT2D eigenvalue weighted by atomic mass is 16.5. The Balaban J connectivity index is 2.58. The van der Waals surface area contributed by atoms with E-state index < -0.39 is 5.97 Å². The van der Waals surface area contributed by atoms with Gasteiger partial charge in [0.25, 0.3) is 0 Å². The highest BCUT2D eigenvalue weighted by Gasteiger charge is 2.09. The van der Waals surface area contributed by atoms with Gasteiger partial charge in [-0.25, -0.2) is 0 Å². The first kappa shape index (κ1) is 13.6. The van der Waals surface area contributed by atoms with Crippen molar-refractivity contribution in [3.05, 3.63) is 29.8 Å². The molecule has 17 heavy (non-hydrogen) atoms. The molecule has 0 heterocycles. The lowest BCUT2D eigenvalue weighted by atomic mass is 9.98. The van der Waals surface area contributed by atoms with E-state index in [0.29, 0.717) is 12.5 Å². The van der Waals surface area contributed by atoms with Gasteiger partial charge in [-0.2, -0.15) is 0 Å². The van der Waals surface area contributed by atoms with Gasteiger partial charge in [-0.05, 0) is 29.5 Å². The molecule has 0 aliphatic heterocycles. The predicted molar refractivity (Wildman–Crippen MR) is 67.4 cm³/mol. The fraction of sp³-hybridized carbons (Fsp3) is 0.500. The molecule has 0 aliphatic carbocycles. The van der Waals surface area contributed by atoms with E-state index in [4.69, 9.17) is 9.84 Å². The first-order chi connectivity index (χ1) is 7.99. The topological polar surface area (TPSA) is 46.5 Å². The van der Waals surface area contributed by atoms with E-state index in [1.807, 2.05) is 31.2 Å². The highest BCUT2D eigenvalue weighted by Crippen LogP contribution is 2.22. The lowest BCUT2D eigenvalue weighted by molar-refractivity contribution is -0.137. The monoisotopic (exact) mass is 236 g/mol. The average molecular weight is 236 g/mol. The number of ether oxygens (including phenoxy) is 1. The molecule has 94 valence electrons. The van der Waals surface area contributed by atoms with Crippen molar-refractivity contribution >= 4 is 5.97 Å². The Morgan fingerprint density at radius 3 is 2.29 bits per heavy atom. The van der Waals surface area contributed by atoms with E-state index in [0.717, 1.165) is 11.3 Å². The standard InChI is InChI=1S/C14H20O3/c1-10(2)9-17-13-6-4-12(5-7-13)11(3)8-14(15)16/h4-7,10-11H,8-9H2,1-3H3,(H,15,16)/t11-/m1/s1. The summed E-state index contributed by atoms with van der Waals surface area (Å²) in [7, 11) is 0. The van der Waals surface area contributed by atoms with E-state index in [1.165, 1.54) is 0 Å². The van der Waals surface area contributed by atoms with E-state index >= 15 is 0 Å². The van der Waals surface area contributed by atoms with Gasteiger partial charge < -0.3 is 9.84 Å². The number of hydrogen-bond acceptors (Lipinski definition) is 2. The molecule has 0 saturated carbocycles. The minimum atomic E-state index is -0.766. The second-order valence-corrected chi connectivity index (χ2v) is 4.77. The molecule has 1 N–H and O–H groups in total. The van der Waals surface area contributed by atoms with Crippen molar-refractivity contribution in [2.24, 2.45) is 5.92 Å². The van der Waals surface area contributed by atoms with E-state index in [-0.39, 0.29) is 12.3 Å². The fourth-order valence-corrected chi connectivity index (χ4v) is 1.54. The van der Waals surface area contributed by atoms with E-state index in [9.17, 15) is 4.79 Å². The molecular weight excluding hydrogens is 216 g/mol. The summed E-state index contributed by atoms with van der Waals surface area (Å²) in [6, 6.07) is 7.67. The van der Waals surface area contributed by atoms with Crippen LogP contribution >= 0.6 is 0 Å². The van der Waals surface area contributed by atoms with Crippen LogP contribution in [0.1, 0.15) is 38.7 Å². The van der Waals surface area contributed by atoms with Crippen molar-refractivity contribution in [1.82, 2.24) is 0 Å². The lowest BCUT2D eigenvalue weighted by Crippen LogP contribution is -2.05. The second-order valence-electron chi connectivity index (χ2n) is 4.77. The number of carboxylic acids is 1. The largest absolute Gasteiger partial charge is 0.493 e. The van der Waals surface area contributed by atoms with Gasteiger partial charge in [-0.15, -0.1) is 0 Å². The van der Waals surface area contributed by atoms with E-state index in [1.54, 1.807) is 0 Å². The number of aliphatic carboxylic acids is 1. The third-order valence-corrected chi connectivity index (χ3v) is 2.51. The van der Waals surface area contributed by atoms with Gasteiger partial charge in [0.15, 0.2) is 0 Å². The van der Waals surface area contributed by atoms with Crippen molar-refractivity contribution in [3.8, 4) is 5.75 Å². The SMILES string of the molecule is CC(C)COc1ccc([C@H](C)CC(=O)O)cc1. The van der Waals surface area contributed by atoms with Gasteiger partial charge in [0, 0.05) is 0 Å². The van der Waals surface area contributed by atoms with Crippen molar-refractivity contribution in [2.75, 3.05) is 6.61 Å². The molecule has 0 fully saturated rings. The van der Waals surface area contributed by atoms with Crippen LogP contribution in [0.5, 0.6) is 5.75 Å². The molecule has 0 bridgehead atoms. The van der Waals surface area contributed by atoms with Gasteiger partial charge >= 0.3 is 5.97 Å². The van der Waals surface area contributed by atoms with Crippen molar-refractivity contribution in [3.63, 3.8) is 0 Å². The van der Waals surface area contributed by atoms with Crippen LogP contribution in [-0.4, -0.2) is 17.7 Å². The first-order valence-corrected chi connectivity index (χ1v) is 5.93. The normalized spacial score (nSPS) is 12.5. The fourth-order valence-electron chi connectivity index (χ4n) is 1.54. The van der Waals surface area contributed by atoms with Gasteiger partial charge in [-0.3, -0.25) is 4.79 Å². The Bertz CT molecular complexity index is 354. The zero-order chi connectivity index (χ0) is 12.8. The molecule has 3 nitrogen and oxygen atoms in total. The van der Waals surface area contributed by atoms with Gasteiger partial charge in [0.05, 0.1) is 13.0 Å². The highest BCUT2D eigenvalue weighted by molar-refractivity contribution is 5.67.